The van der Waals surface area contributed by atoms with Crippen LogP contribution in [0, 0.1) is 22.7 Å². The molecule has 0 radical (unpaired) electrons. The first-order valence-corrected chi connectivity index (χ1v) is 4.06. The summed E-state index contributed by atoms with van der Waals surface area (Å²) in [4.78, 5) is 11.3. The largest absolute Gasteiger partial charge is 0.354 e. The lowest BCUT2D eigenvalue weighted by molar-refractivity contribution is -0.128. The normalized spacial score (nSPS) is 13.2. The van der Waals surface area contributed by atoms with Crippen molar-refractivity contribution >= 4 is 5.91 Å². The number of hydrogen-bond acceptors (Lipinski definition) is 2. The molecule has 1 atom stereocenters. The molecule has 68 valence electrons. The number of nitrogens with one attached hydrogen (secondary N) is 1. The molecule has 0 aliphatic rings. The maximum Gasteiger partial charge on any atom is 0.225 e. The summed E-state index contributed by atoms with van der Waals surface area (Å²) in [5.74, 6) is -0.124. The van der Waals surface area contributed by atoms with Crippen LogP contribution in [0.15, 0.2) is 0 Å². The second kappa shape index (κ2) is 4.10. The van der Waals surface area contributed by atoms with E-state index in [9.17, 15) is 4.79 Å². The van der Waals surface area contributed by atoms with Crippen LogP contribution < -0.4 is 5.32 Å². The molecule has 0 aromatic rings. The van der Waals surface area contributed by atoms with Crippen LogP contribution in [0.5, 0.6) is 0 Å². The average molecular weight is 168 g/mol. The van der Waals surface area contributed by atoms with E-state index in [1.165, 1.54) is 0 Å². The van der Waals surface area contributed by atoms with E-state index >= 15 is 0 Å². The van der Waals surface area contributed by atoms with Gasteiger partial charge in [0, 0.05) is 12.0 Å². The molecule has 0 aromatic heterocycles. The lowest BCUT2D eigenvalue weighted by Crippen LogP contribution is -2.37. The van der Waals surface area contributed by atoms with Crippen molar-refractivity contribution in [2.45, 2.75) is 27.7 Å². The molecule has 1 amide bonds. The maximum absolute atomic E-state index is 11.3. The number of nitrogens with zero attached hydrogens (tertiary/aromatic N) is 1. The summed E-state index contributed by atoms with van der Waals surface area (Å²) in [6, 6.07) is 2.06. The molecule has 0 aliphatic carbocycles. The first-order chi connectivity index (χ1) is 5.38. The molecule has 0 bridgehead atoms. The summed E-state index contributed by atoms with van der Waals surface area (Å²) in [6.07, 6.45) is 0. The Hall–Kier alpha value is -1.04. The highest BCUT2D eigenvalue weighted by Gasteiger charge is 2.20. The third kappa shape index (κ3) is 3.97. The van der Waals surface area contributed by atoms with E-state index in [0.29, 0.717) is 6.54 Å². The third-order valence-corrected chi connectivity index (χ3v) is 1.47. The van der Waals surface area contributed by atoms with E-state index in [2.05, 4.69) is 11.4 Å². The first-order valence-electron chi connectivity index (χ1n) is 4.06. The standard InChI is InChI=1S/C9H16N2O/c1-7(5-10)6-11-8(12)9(2,3)4/h7H,6H2,1-4H3,(H,11,12). The van der Waals surface area contributed by atoms with Gasteiger partial charge in [0.25, 0.3) is 0 Å². The molecule has 1 N–H and O–H groups in total. The van der Waals surface area contributed by atoms with E-state index in [1.54, 1.807) is 6.92 Å². The van der Waals surface area contributed by atoms with Crippen molar-refractivity contribution in [3.63, 3.8) is 0 Å². The highest BCUT2D eigenvalue weighted by molar-refractivity contribution is 5.81. The third-order valence-electron chi connectivity index (χ3n) is 1.47. The van der Waals surface area contributed by atoms with E-state index in [1.807, 2.05) is 20.8 Å². The van der Waals surface area contributed by atoms with Gasteiger partial charge in [0.05, 0.1) is 12.0 Å². The smallest absolute Gasteiger partial charge is 0.225 e. The van der Waals surface area contributed by atoms with Crippen molar-refractivity contribution in [1.29, 1.82) is 5.26 Å². The Labute approximate surface area is 73.8 Å². The van der Waals surface area contributed by atoms with Crippen LogP contribution in [-0.4, -0.2) is 12.5 Å². The van der Waals surface area contributed by atoms with E-state index in [4.69, 9.17) is 5.26 Å². The minimum Gasteiger partial charge on any atom is -0.354 e. The summed E-state index contributed by atoms with van der Waals surface area (Å²) < 4.78 is 0. The van der Waals surface area contributed by atoms with Crippen molar-refractivity contribution in [3.8, 4) is 6.07 Å². The Morgan fingerprint density at radius 1 is 1.58 bits per heavy atom. The van der Waals surface area contributed by atoms with Gasteiger partial charge in [-0.2, -0.15) is 5.26 Å². The van der Waals surface area contributed by atoms with Gasteiger partial charge in [0.2, 0.25) is 5.91 Å². The summed E-state index contributed by atoms with van der Waals surface area (Å²) in [5.41, 5.74) is -0.366. The SMILES string of the molecule is CC(C#N)CNC(=O)C(C)(C)C. The zero-order chi connectivity index (χ0) is 9.78. The fraction of sp³-hybridized carbons (Fsp3) is 0.778. The molecule has 0 fully saturated rings. The van der Waals surface area contributed by atoms with E-state index in [0.717, 1.165) is 0 Å². The monoisotopic (exact) mass is 168 g/mol. The van der Waals surface area contributed by atoms with Gasteiger partial charge >= 0.3 is 0 Å². The second-order valence-electron chi connectivity index (χ2n) is 3.99. The van der Waals surface area contributed by atoms with Crippen LogP contribution in [0.25, 0.3) is 0 Å². The van der Waals surface area contributed by atoms with Gasteiger partial charge in [-0.15, -0.1) is 0 Å². The molecule has 0 saturated heterocycles. The van der Waals surface area contributed by atoms with Gasteiger partial charge in [-0.25, -0.2) is 0 Å². The number of rotatable bonds is 2. The molecule has 0 spiro atoms. The van der Waals surface area contributed by atoms with Crippen molar-refractivity contribution in [3.05, 3.63) is 0 Å². The van der Waals surface area contributed by atoms with Crippen molar-refractivity contribution in [2.24, 2.45) is 11.3 Å². The van der Waals surface area contributed by atoms with Gasteiger partial charge in [-0.3, -0.25) is 4.79 Å². The predicted molar refractivity (Wildman–Crippen MR) is 47.2 cm³/mol. The Morgan fingerprint density at radius 2 is 2.08 bits per heavy atom. The first kappa shape index (κ1) is 11.0. The zero-order valence-electron chi connectivity index (χ0n) is 8.14. The molecule has 3 nitrogen and oxygen atoms in total. The van der Waals surface area contributed by atoms with Gasteiger partial charge in [-0.05, 0) is 6.92 Å². The van der Waals surface area contributed by atoms with Crippen LogP contribution in [0.2, 0.25) is 0 Å². The van der Waals surface area contributed by atoms with Gasteiger partial charge in [0.1, 0.15) is 0 Å². The zero-order valence-corrected chi connectivity index (χ0v) is 8.14. The maximum atomic E-state index is 11.3. The topological polar surface area (TPSA) is 52.9 Å². The van der Waals surface area contributed by atoms with Crippen LogP contribution in [0.4, 0.5) is 0 Å². The molecule has 0 aliphatic heterocycles. The van der Waals surface area contributed by atoms with Crippen molar-refractivity contribution in [2.75, 3.05) is 6.54 Å². The molecule has 0 rings (SSSR count). The minimum absolute atomic E-state index is 0.00963. The van der Waals surface area contributed by atoms with Crippen molar-refractivity contribution < 1.29 is 4.79 Å². The molecule has 3 heteroatoms. The van der Waals surface area contributed by atoms with Crippen LogP contribution in [0.3, 0.4) is 0 Å². The predicted octanol–water partition coefficient (Wildman–Crippen LogP) is 1.31. The Morgan fingerprint density at radius 3 is 2.42 bits per heavy atom. The lowest BCUT2D eigenvalue weighted by Gasteiger charge is -2.17. The molecule has 0 heterocycles. The summed E-state index contributed by atoms with van der Waals surface area (Å²) >= 11 is 0. The Balaban J connectivity index is 3.82. The molecular formula is C9H16N2O. The van der Waals surface area contributed by atoms with Gasteiger partial charge in [0.15, 0.2) is 0 Å². The highest BCUT2D eigenvalue weighted by Crippen LogP contribution is 2.12. The van der Waals surface area contributed by atoms with Gasteiger partial charge < -0.3 is 5.32 Å². The number of nitriles is 1. The number of hydrogen-bond donors (Lipinski definition) is 1. The van der Waals surface area contributed by atoms with E-state index in [-0.39, 0.29) is 17.2 Å². The van der Waals surface area contributed by atoms with Crippen LogP contribution in [0.1, 0.15) is 27.7 Å². The number of carbonyl (C=O) groups is 1. The summed E-state index contributed by atoms with van der Waals surface area (Å²) in [7, 11) is 0. The lowest BCUT2D eigenvalue weighted by atomic mass is 9.95. The Kier molecular flexibility index (Phi) is 3.75. The average Bonchev–Trinajstić information content (AvgIpc) is 1.97. The highest BCUT2D eigenvalue weighted by atomic mass is 16.2. The van der Waals surface area contributed by atoms with Crippen LogP contribution >= 0.6 is 0 Å². The van der Waals surface area contributed by atoms with Gasteiger partial charge in [-0.1, -0.05) is 20.8 Å². The molecule has 12 heavy (non-hydrogen) atoms. The fourth-order valence-electron chi connectivity index (χ4n) is 0.557. The fourth-order valence-corrected chi connectivity index (χ4v) is 0.557. The minimum atomic E-state index is -0.366. The molecule has 0 aromatic carbocycles. The number of amides is 1. The summed E-state index contributed by atoms with van der Waals surface area (Å²) in [5, 5.41) is 11.2. The molecule has 0 saturated carbocycles. The van der Waals surface area contributed by atoms with Crippen LogP contribution in [-0.2, 0) is 4.79 Å². The quantitative estimate of drug-likeness (QED) is 0.675. The molecule has 1 unspecified atom stereocenters. The molecular weight excluding hydrogens is 152 g/mol. The number of carbonyl (C=O) groups excluding carboxylic acids is 1. The van der Waals surface area contributed by atoms with Crippen molar-refractivity contribution in [1.82, 2.24) is 5.32 Å². The Bertz CT molecular complexity index is 198. The van der Waals surface area contributed by atoms with E-state index < -0.39 is 0 Å². The summed E-state index contributed by atoms with van der Waals surface area (Å²) in [6.45, 7) is 7.76. The second-order valence-corrected chi connectivity index (χ2v) is 3.99.